The molecule has 0 aliphatic heterocycles. The monoisotopic (exact) mass is 265 g/mol. The molecule has 1 nitrogen and oxygen atoms in total. The minimum Gasteiger partial charge on any atom is -0.341 e. The summed E-state index contributed by atoms with van der Waals surface area (Å²) in [6, 6.07) is 0. The Balaban J connectivity index is 3.44. The SMILES string of the molecule is Cc1c(Br)c(C)n(C)c1Br. The fourth-order valence-corrected chi connectivity index (χ4v) is 2.09. The van der Waals surface area contributed by atoms with Gasteiger partial charge in [-0.15, -0.1) is 0 Å². The van der Waals surface area contributed by atoms with E-state index in [2.05, 4.69) is 50.3 Å². The Labute approximate surface area is 77.7 Å². The maximum Gasteiger partial charge on any atom is 0.0887 e. The van der Waals surface area contributed by atoms with Gasteiger partial charge in [-0.1, -0.05) is 0 Å². The van der Waals surface area contributed by atoms with Crippen LogP contribution in [0.5, 0.6) is 0 Å². The predicted octanol–water partition coefficient (Wildman–Crippen LogP) is 3.17. The van der Waals surface area contributed by atoms with Gasteiger partial charge in [-0.25, -0.2) is 0 Å². The zero-order chi connectivity index (χ0) is 7.89. The van der Waals surface area contributed by atoms with E-state index >= 15 is 0 Å². The summed E-state index contributed by atoms with van der Waals surface area (Å²) in [4.78, 5) is 0. The first-order valence-electron chi connectivity index (χ1n) is 3.02. The highest BCUT2D eigenvalue weighted by Crippen LogP contribution is 2.29. The Morgan fingerprint density at radius 3 is 1.80 bits per heavy atom. The Morgan fingerprint density at radius 2 is 1.70 bits per heavy atom. The van der Waals surface area contributed by atoms with Crippen molar-refractivity contribution >= 4 is 31.9 Å². The van der Waals surface area contributed by atoms with Crippen LogP contribution in [-0.4, -0.2) is 4.57 Å². The molecule has 0 fully saturated rings. The highest BCUT2D eigenvalue weighted by molar-refractivity contribution is 9.11. The number of rotatable bonds is 0. The third kappa shape index (κ3) is 1.05. The van der Waals surface area contributed by atoms with Gasteiger partial charge >= 0.3 is 0 Å². The standard InChI is InChI=1S/C7H9Br2N/c1-4-6(8)5(2)10(3)7(4)9/h1-3H3. The van der Waals surface area contributed by atoms with Crippen LogP contribution in [0.4, 0.5) is 0 Å². The zero-order valence-electron chi connectivity index (χ0n) is 6.20. The van der Waals surface area contributed by atoms with Gasteiger partial charge in [0.05, 0.1) is 4.60 Å². The summed E-state index contributed by atoms with van der Waals surface area (Å²) in [5.74, 6) is 0. The summed E-state index contributed by atoms with van der Waals surface area (Å²) in [7, 11) is 2.04. The Hall–Kier alpha value is 0.240. The predicted molar refractivity (Wildman–Crippen MR) is 50.3 cm³/mol. The lowest BCUT2D eigenvalue weighted by molar-refractivity contribution is 0.855. The summed E-state index contributed by atoms with van der Waals surface area (Å²) in [6.45, 7) is 4.17. The molecule has 10 heavy (non-hydrogen) atoms. The molecule has 0 amide bonds. The van der Waals surface area contributed by atoms with Gasteiger partial charge in [0, 0.05) is 17.2 Å². The van der Waals surface area contributed by atoms with Crippen molar-refractivity contribution in [1.29, 1.82) is 0 Å². The normalized spacial score (nSPS) is 10.5. The summed E-state index contributed by atoms with van der Waals surface area (Å²) in [5.41, 5.74) is 2.52. The van der Waals surface area contributed by atoms with Crippen molar-refractivity contribution in [1.82, 2.24) is 4.57 Å². The largest absolute Gasteiger partial charge is 0.341 e. The molecule has 0 atom stereocenters. The van der Waals surface area contributed by atoms with Gasteiger partial charge in [-0.3, -0.25) is 0 Å². The van der Waals surface area contributed by atoms with Gasteiger partial charge in [0.2, 0.25) is 0 Å². The molecule has 0 N–H and O–H groups in total. The zero-order valence-corrected chi connectivity index (χ0v) is 9.38. The van der Waals surface area contributed by atoms with E-state index in [0.29, 0.717) is 0 Å². The lowest BCUT2D eigenvalue weighted by Gasteiger charge is -1.96. The van der Waals surface area contributed by atoms with Crippen molar-refractivity contribution < 1.29 is 0 Å². The van der Waals surface area contributed by atoms with Crippen molar-refractivity contribution in [2.75, 3.05) is 0 Å². The summed E-state index contributed by atoms with van der Waals surface area (Å²) >= 11 is 6.98. The molecular formula is C7H9Br2N. The van der Waals surface area contributed by atoms with Gasteiger partial charge in [0.15, 0.2) is 0 Å². The smallest absolute Gasteiger partial charge is 0.0887 e. The first-order chi connectivity index (χ1) is 4.55. The van der Waals surface area contributed by atoms with Gasteiger partial charge < -0.3 is 4.57 Å². The fraction of sp³-hybridized carbons (Fsp3) is 0.429. The van der Waals surface area contributed by atoms with Crippen LogP contribution in [0.25, 0.3) is 0 Å². The van der Waals surface area contributed by atoms with E-state index in [1.54, 1.807) is 0 Å². The molecule has 1 aromatic heterocycles. The van der Waals surface area contributed by atoms with Crippen molar-refractivity contribution in [2.24, 2.45) is 7.05 Å². The number of halogens is 2. The van der Waals surface area contributed by atoms with Crippen LogP contribution in [0.3, 0.4) is 0 Å². The third-order valence-corrected chi connectivity index (χ3v) is 4.05. The molecule has 0 spiro atoms. The second-order valence-electron chi connectivity index (χ2n) is 2.37. The van der Waals surface area contributed by atoms with Crippen LogP contribution in [0.2, 0.25) is 0 Å². The van der Waals surface area contributed by atoms with Crippen LogP contribution < -0.4 is 0 Å². The fourth-order valence-electron chi connectivity index (χ4n) is 0.908. The highest BCUT2D eigenvalue weighted by atomic mass is 79.9. The molecule has 0 saturated heterocycles. The van der Waals surface area contributed by atoms with Crippen LogP contribution in [0.15, 0.2) is 9.08 Å². The molecule has 0 aliphatic rings. The molecule has 1 aromatic rings. The first kappa shape index (κ1) is 8.34. The van der Waals surface area contributed by atoms with Crippen molar-refractivity contribution in [2.45, 2.75) is 13.8 Å². The molecule has 0 aliphatic carbocycles. The van der Waals surface area contributed by atoms with Crippen molar-refractivity contribution in [3.8, 4) is 0 Å². The number of aromatic nitrogens is 1. The Kier molecular flexibility index (Phi) is 2.25. The number of hydrogen-bond donors (Lipinski definition) is 0. The maximum atomic E-state index is 3.50. The Bertz CT molecular complexity index is 183. The van der Waals surface area contributed by atoms with Crippen LogP contribution >= 0.6 is 31.9 Å². The van der Waals surface area contributed by atoms with E-state index in [-0.39, 0.29) is 0 Å². The van der Waals surface area contributed by atoms with Crippen LogP contribution in [0.1, 0.15) is 11.3 Å². The third-order valence-electron chi connectivity index (χ3n) is 1.75. The Morgan fingerprint density at radius 1 is 1.20 bits per heavy atom. The van der Waals surface area contributed by atoms with Gasteiger partial charge in [-0.05, 0) is 51.3 Å². The molecule has 0 unspecified atom stereocenters. The van der Waals surface area contributed by atoms with Crippen molar-refractivity contribution in [3.63, 3.8) is 0 Å². The first-order valence-corrected chi connectivity index (χ1v) is 4.61. The lowest BCUT2D eigenvalue weighted by atomic mass is 10.3. The van der Waals surface area contributed by atoms with E-state index in [0.717, 1.165) is 4.60 Å². The average Bonchev–Trinajstić information content (AvgIpc) is 2.07. The van der Waals surface area contributed by atoms with Crippen LogP contribution in [-0.2, 0) is 7.05 Å². The molecular weight excluding hydrogens is 258 g/mol. The van der Waals surface area contributed by atoms with Gasteiger partial charge in [-0.2, -0.15) is 0 Å². The summed E-state index contributed by atoms with van der Waals surface area (Å²) in [6.07, 6.45) is 0. The summed E-state index contributed by atoms with van der Waals surface area (Å²) < 4.78 is 4.46. The number of nitrogens with zero attached hydrogens (tertiary/aromatic N) is 1. The summed E-state index contributed by atoms with van der Waals surface area (Å²) in [5, 5.41) is 0. The second kappa shape index (κ2) is 2.70. The van der Waals surface area contributed by atoms with E-state index in [1.807, 2.05) is 7.05 Å². The topological polar surface area (TPSA) is 4.93 Å². The molecule has 1 rings (SSSR count). The van der Waals surface area contributed by atoms with Crippen molar-refractivity contribution in [3.05, 3.63) is 20.3 Å². The highest BCUT2D eigenvalue weighted by Gasteiger charge is 2.09. The molecule has 0 radical (unpaired) electrons. The lowest BCUT2D eigenvalue weighted by Crippen LogP contribution is -1.89. The maximum absolute atomic E-state index is 3.50. The molecule has 3 heteroatoms. The molecule has 0 aromatic carbocycles. The van der Waals surface area contributed by atoms with E-state index < -0.39 is 0 Å². The second-order valence-corrected chi connectivity index (χ2v) is 3.92. The quantitative estimate of drug-likeness (QED) is 0.680. The van der Waals surface area contributed by atoms with E-state index in [1.165, 1.54) is 15.7 Å². The van der Waals surface area contributed by atoms with Crippen LogP contribution in [0, 0.1) is 13.8 Å². The molecule has 0 saturated carbocycles. The van der Waals surface area contributed by atoms with Gasteiger partial charge in [0.1, 0.15) is 0 Å². The minimum absolute atomic E-state index is 1.15. The molecule has 0 bridgehead atoms. The minimum atomic E-state index is 1.15. The van der Waals surface area contributed by atoms with Gasteiger partial charge in [0.25, 0.3) is 0 Å². The molecule has 1 heterocycles. The number of hydrogen-bond acceptors (Lipinski definition) is 0. The molecule has 56 valence electrons. The average molecular weight is 267 g/mol. The van der Waals surface area contributed by atoms with E-state index in [4.69, 9.17) is 0 Å². The van der Waals surface area contributed by atoms with E-state index in [9.17, 15) is 0 Å².